The van der Waals surface area contributed by atoms with Crippen LogP contribution in [0.2, 0.25) is 0 Å². The third kappa shape index (κ3) is 5.23. The largest absolute Gasteiger partial charge is 0.484 e. The number of aryl methyl sites for hydroxylation is 1. The molecule has 0 aliphatic rings. The second-order valence-corrected chi connectivity index (χ2v) is 10.00. The highest BCUT2D eigenvalue weighted by atomic mass is 32.2. The zero-order chi connectivity index (χ0) is 24.1. The highest BCUT2D eigenvalue weighted by Gasteiger charge is 2.21. The normalized spacial score (nSPS) is 11.4. The molecule has 176 valence electrons. The second-order valence-electron chi connectivity index (χ2n) is 8.03. The predicted octanol–water partition coefficient (Wildman–Crippen LogP) is 4.04. The maximum Gasteiger partial charge on any atom is 0.264 e. The summed E-state index contributed by atoms with van der Waals surface area (Å²) in [6.07, 6.45) is 2.68. The van der Waals surface area contributed by atoms with Crippen LogP contribution < -0.4 is 14.4 Å². The van der Waals surface area contributed by atoms with Gasteiger partial charge in [0.2, 0.25) is 0 Å². The number of carbonyl (C=O) groups excluding carboxylic acids is 1. The number of aromatic nitrogens is 1. The van der Waals surface area contributed by atoms with Crippen molar-refractivity contribution in [2.24, 2.45) is 0 Å². The van der Waals surface area contributed by atoms with Crippen molar-refractivity contribution in [1.29, 1.82) is 0 Å². The van der Waals surface area contributed by atoms with E-state index in [0.717, 1.165) is 22.0 Å². The number of ether oxygens (including phenoxy) is 1. The molecule has 0 fully saturated rings. The molecule has 0 atom stereocenters. The van der Waals surface area contributed by atoms with Crippen molar-refractivity contribution >= 4 is 32.5 Å². The summed E-state index contributed by atoms with van der Waals surface area (Å²) in [4.78, 5) is 15.6. The van der Waals surface area contributed by atoms with Crippen molar-refractivity contribution in [2.45, 2.75) is 18.2 Å². The molecule has 34 heavy (non-hydrogen) atoms. The van der Waals surface area contributed by atoms with Crippen LogP contribution in [-0.4, -0.2) is 39.5 Å². The highest BCUT2D eigenvalue weighted by molar-refractivity contribution is 7.92. The van der Waals surface area contributed by atoms with Gasteiger partial charge in [-0.3, -0.25) is 9.10 Å². The minimum absolute atomic E-state index is 0.120. The first-order valence-corrected chi connectivity index (χ1v) is 12.4. The van der Waals surface area contributed by atoms with E-state index in [0.29, 0.717) is 24.4 Å². The average Bonchev–Trinajstić information content (AvgIpc) is 3.26. The number of sulfonamides is 1. The maximum atomic E-state index is 12.8. The lowest BCUT2D eigenvalue weighted by Crippen LogP contribution is -2.30. The zero-order valence-electron chi connectivity index (χ0n) is 19.1. The summed E-state index contributed by atoms with van der Waals surface area (Å²) in [5.41, 5.74) is 3.71. The van der Waals surface area contributed by atoms with Gasteiger partial charge < -0.3 is 15.0 Å². The number of amides is 1. The number of hydrogen-bond donors (Lipinski definition) is 2. The molecule has 0 aliphatic carbocycles. The molecule has 0 saturated heterocycles. The first kappa shape index (κ1) is 23.4. The van der Waals surface area contributed by atoms with E-state index in [-0.39, 0.29) is 17.4 Å². The van der Waals surface area contributed by atoms with E-state index in [2.05, 4.69) is 16.4 Å². The quantitative estimate of drug-likeness (QED) is 0.381. The van der Waals surface area contributed by atoms with Crippen molar-refractivity contribution in [3.05, 3.63) is 90.1 Å². The molecule has 0 aliphatic heterocycles. The summed E-state index contributed by atoms with van der Waals surface area (Å²) < 4.78 is 32.5. The molecule has 1 amide bonds. The van der Waals surface area contributed by atoms with Gasteiger partial charge >= 0.3 is 0 Å². The predicted molar refractivity (Wildman–Crippen MR) is 134 cm³/mol. The summed E-state index contributed by atoms with van der Waals surface area (Å²) in [7, 11) is -2.16. The van der Waals surface area contributed by atoms with Crippen molar-refractivity contribution in [2.75, 3.05) is 24.5 Å². The minimum Gasteiger partial charge on any atom is -0.484 e. The summed E-state index contributed by atoms with van der Waals surface area (Å²) in [5.74, 6) is 0.264. The molecule has 2 N–H and O–H groups in total. The molecule has 0 saturated carbocycles. The Kier molecular flexibility index (Phi) is 6.88. The fraction of sp³-hybridized carbons (Fsp3) is 0.192. The monoisotopic (exact) mass is 477 g/mol. The fourth-order valence-electron chi connectivity index (χ4n) is 3.63. The molecule has 0 radical (unpaired) electrons. The highest BCUT2D eigenvalue weighted by Crippen LogP contribution is 2.24. The van der Waals surface area contributed by atoms with Gasteiger partial charge in [-0.25, -0.2) is 8.42 Å². The van der Waals surface area contributed by atoms with Crippen LogP contribution in [-0.2, 0) is 21.2 Å². The van der Waals surface area contributed by atoms with Gasteiger partial charge in [0.05, 0.1) is 10.6 Å². The van der Waals surface area contributed by atoms with Gasteiger partial charge in [-0.2, -0.15) is 0 Å². The van der Waals surface area contributed by atoms with E-state index >= 15 is 0 Å². The topological polar surface area (TPSA) is 91.5 Å². The van der Waals surface area contributed by atoms with Gasteiger partial charge in [0.1, 0.15) is 5.75 Å². The number of hydrogen-bond acceptors (Lipinski definition) is 4. The molecule has 8 heteroatoms. The van der Waals surface area contributed by atoms with Crippen LogP contribution in [0.25, 0.3) is 10.9 Å². The van der Waals surface area contributed by atoms with E-state index in [1.165, 1.54) is 11.4 Å². The Morgan fingerprint density at radius 2 is 1.71 bits per heavy atom. The first-order valence-electron chi connectivity index (χ1n) is 10.9. The van der Waals surface area contributed by atoms with Gasteiger partial charge in [-0.1, -0.05) is 35.9 Å². The number of benzene rings is 3. The van der Waals surface area contributed by atoms with Crippen LogP contribution in [0.15, 0.2) is 83.9 Å². The Labute approximate surface area is 199 Å². The lowest BCUT2D eigenvalue weighted by Gasteiger charge is -2.20. The van der Waals surface area contributed by atoms with Gasteiger partial charge in [-0.15, -0.1) is 0 Å². The van der Waals surface area contributed by atoms with E-state index in [4.69, 9.17) is 4.74 Å². The van der Waals surface area contributed by atoms with E-state index < -0.39 is 10.0 Å². The number of nitrogens with one attached hydrogen (secondary N) is 2. The van der Waals surface area contributed by atoms with Crippen LogP contribution in [0, 0.1) is 6.92 Å². The van der Waals surface area contributed by atoms with Crippen molar-refractivity contribution in [1.82, 2.24) is 10.3 Å². The Morgan fingerprint density at radius 1 is 1.00 bits per heavy atom. The molecular weight excluding hydrogens is 450 g/mol. The molecule has 0 unspecified atom stereocenters. The summed E-state index contributed by atoms with van der Waals surface area (Å²) in [6.45, 7) is 2.29. The molecular formula is C26H27N3O4S. The third-order valence-electron chi connectivity index (χ3n) is 5.64. The minimum atomic E-state index is -3.66. The molecule has 0 bridgehead atoms. The molecule has 7 nitrogen and oxygen atoms in total. The number of nitrogens with zero attached hydrogens (tertiary/aromatic N) is 1. The lowest BCUT2D eigenvalue weighted by atomic mass is 10.1. The van der Waals surface area contributed by atoms with Crippen LogP contribution in [0.3, 0.4) is 0 Å². The van der Waals surface area contributed by atoms with Gasteiger partial charge in [0.15, 0.2) is 6.61 Å². The number of fused-ring (bicyclic) bond motifs is 1. The number of aromatic amines is 1. The standard InChI is InChI=1S/C26H27N3O4S/c1-19-7-13-23(14-8-19)34(31,32)29(2)21-9-11-22(12-10-21)33-18-26(30)27-16-15-20-17-28-25-6-4-3-5-24(20)25/h3-14,17,28H,15-16,18H2,1-2H3,(H,27,30). The molecule has 4 aromatic rings. The summed E-state index contributed by atoms with van der Waals surface area (Å²) in [5, 5.41) is 4.02. The molecule has 1 heterocycles. The number of para-hydroxylation sites is 1. The van der Waals surface area contributed by atoms with Crippen molar-refractivity contribution in [3.8, 4) is 5.75 Å². The molecule has 1 aromatic heterocycles. The number of carbonyl (C=O) groups is 1. The maximum absolute atomic E-state index is 12.8. The van der Waals surface area contributed by atoms with Gasteiger partial charge in [-0.05, 0) is 61.4 Å². The zero-order valence-corrected chi connectivity index (χ0v) is 19.9. The third-order valence-corrected chi connectivity index (χ3v) is 7.44. The van der Waals surface area contributed by atoms with Crippen molar-refractivity contribution < 1.29 is 17.9 Å². The van der Waals surface area contributed by atoms with E-state index in [1.807, 2.05) is 31.3 Å². The van der Waals surface area contributed by atoms with Crippen LogP contribution in [0.5, 0.6) is 5.75 Å². The average molecular weight is 478 g/mol. The van der Waals surface area contributed by atoms with Crippen LogP contribution >= 0.6 is 0 Å². The number of H-pyrrole nitrogens is 1. The summed E-state index contributed by atoms with van der Waals surface area (Å²) in [6, 6.07) is 21.4. The van der Waals surface area contributed by atoms with Crippen molar-refractivity contribution in [3.63, 3.8) is 0 Å². The SMILES string of the molecule is Cc1ccc(S(=O)(=O)N(C)c2ccc(OCC(=O)NCCc3c[nH]c4ccccc34)cc2)cc1. The Morgan fingerprint density at radius 3 is 2.44 bits per heavy atom. The number of rotatable bonds is 9. The Bertz CT molecular complexity index is 1380. The first-order chi connectivity index (χ1) is 16.3. The van der Waals surface area contributed by atoms with E-state index in [9.17, 15) is 13.2 Å². The lowest BCUT2D eigenvalue weighted by molar-refractivity contribution is -0.123. The van der Waals surface area contributed by atoms with E-state index in [1.54, 1.807) is 48.5 Å². The molecule has 3 aromatic carbocycles. The van der Waals surface area contributed by atoms with Crippen LogP contribution in [0.4, 0.5) is 5.69 Å². The fourth-order valence-corrected chi connectivity index (χ4v) is 4.83. The molecule has 0 spiro atoms. The Hall–Kier alpha value is -3.78. The van der Waals surface area contributed by atoms with Crippen LogP contribution in [0.1, 0.15) is 11.1 Å². The summed E-state index contributed by atoms with van der Waals surface area (Å²) >= 11 is 0. The second kappa shape index (κ2) is 10.0. The molecule has 4 rings (SSSR count). The van der Waals surface area contributed by atoms with Gasteiger partial charge in [0, 0.05) is 30.7 Å². The van der Waals surface area contributed by atoms with Gasteiger partial charge in [0.25, 0.3) is 15.9 Å². The smallest absolute Gasteiger partial charge is 0.264 e. The number of anilines is 1. The Balaban J connectivity index is 1.27.